The Morgan fingerprint density at radius 2 is 2.24 bits per heavy atom. The number of pyridine rings is 1. The molecule has 8 heteroatoms. The zero-order valence-corrected chi connectivity index (χ0v) is 12.4. The van der Waals surface area contributed by atoms with Gasteiger partial charge in [-0.05, 0) is 25.8 Å². The first-order valence-corrected chi connectivity index (χ1v) is 7.12. The van der Waals surface area contributed by atoms with Crippen LogP contribution in [-0.4, -0.2) is 46.5 Å². The molecule has 1 aromatic rings. The number of piperidine rings is 1. The molecule has 1 fully saturated rings. The van der Waals surface area contributed by atoms with Crippen molar-refractivity contribution in [2.45, 2.75) is 25.9 Å². The normalized spacial score (nSPS) is 16.0. The molecule has 0 aliphatic carbocycles. The lowest BCUT2D eigenvalue weighted by Crippen LogP contribution is -2.41. The van der Waals surface area contributed by atoms with Crippen molar-refractivity contribution in [2.24, 2.45) is 0 Å². The number of likely N-dealkylation sites (tertiary alicyclic amines) is 1. The molecular formula is C13H16ClN3O4. The molecule has 1 amide bonds. The van der Waals surface area contributed by atoms with E-state index in [9.17, 15) is 14.9 Å². The van der Waals surface area contributed by atoms with Crippen molar-refractivity contribution < 1.29 is 14.5 Å². The van der Waals surface area contributed by atoms with E-state index in [0.717, 1.165) is 12.8 Å². The first kappa shape index (κ1) is 15.7. The first-order valence-electron chi connectivity index (χ1n) is 6.74. The number of nitro groups is 1. The van der Waals surface area contributed by atoms with Gasteiger partial charge in [0.1, 0.15) is 5.56 Å². The van der Waals surface area contributed by atoms with Gasteiger partial charge < -0.3 is 9.64 Å². The summed E-state index contributed by atoms with van der Waals surface area (Å²) in [6, 6.07) is 1.33. The van der Waals surface area contributed by atoms with Gasteiger partial charge in [-0.25, -0.2) is 4.98 Å². The van der Waals surface area contributed by atoms with E-state index in [2.05, 4.69) is 4.98 Å². The molecule has 0 saturated carbocycles. The number of hydrogen-bond donors (Lipinski definition) is 0. The van der Waals surface area contributed by atoms with Gasteiger partial charge in [0, 0.05) is 25.9 Å². The molecule has 7 nitrogen and oxygen atoms in total. The predicted molar refractivity (Wildman–Crippen MR) is 76.5 cm³/mol. The highest BCUT2D eigenvalue weighted by Gasteiger charge is 2.30. The maximum atomic E-state index is 12.4. The Morgan fingerprint density at radius 3 is 2.81 bits per heavy atom. The molecule has 1 aliphatic rings. The van der Waals surface area contributed by atoms with Crippen molar-refractivity contribution in [1.82, 2.24) is 9.88 Å². The third-order valence-corrected chi connectivity index (χ3v) is 3.70. The second-order valence-corrected chi connectivity index (χ2v) is 5.06. The van der Waals surface area contributed by atoms with E-state index in [1.165, 1.54) is 12.3 Å². The summed E-state index contributed by atoms with van der Waals surface area (Å²) in [5.74, 6) is -0.388. The number of aromatic nitrogens is 1. The number of carbonyl (C=O) groups is 1. The largest absolute Gasteiger partial charge is 0.378 e. The van der Waals surface area contributed by atoms with E-state index in [1.807, 2.05) is 6.92 Å². The number of carbonyl (C=O) groups excluding carboxylic acids is 1. The van der Waals surface area contributed by atoms with Gasteiger partial charge in [0.25, 0.3) is 5.91 Å². The first-order chi connectivity index (χ1) is 10.0. The monoisotopic (exact) mass is 313 g/mol. The Labute approximate surface area is 127 Å². The number of nitrogens with zero attached hydrogens (tertiary/aromatic N) is 3. The Hall–Kier alpha value is -1.73. The fourth-order valence-electron chi connectivity index (χ4n) is 2.41. The van der Waals surface area contributed by atoms with Crippen LogP contribution in [0, 0.1) is 10.1 Å². The highest BCUT2D eigenvalue weighted by Crippen LogP contribution is 2.28. The minimum absolute atomic E-state index is 0.0186. The van der Waals surface area contributed by atoms with Crippen LogP contribution in [0.1, 0.15) is 30.1 Å². The fraction of sp³-hybridized carbons (Fsp3) is 0.538. The quantitative estimate of drug-likeness (QED) is 0.483. The Morgan fingerprint density at radius 1 is 1.57 bits per heavy atom. The van der Waals surface area contributed by atoms with Crippen molar-refractivity contribution >= 4 is 23.2 Å². The molecule has 1 aromatic heterocycles. The van der Waals surface area contributed by atoms with Crippen LogP contribution in [0.4, 0.5) is 5.69 Å². The van der Waals surface area contributed by atoms with Gasteiger partial charge >= 0.3 is 5.69 Å². The lowest BCUT2D eigenvalue weighted by molar-refractivity contribution is -0.385. The summed E-state index contributed by atoms with van der Waals surface area (Å²) in [6.07, 6.45) is 2.91. The Balaban J connectivity index is 2.15. The van der Waals surface area contributed by atoms with Crippen LogP contribution in [0.25, 0.3) is 0 Å². The molecule has 1 aliphatic heterocycles. The van der Waals surface area contributed by atoms with Crippen molar-refractivity contribution in [1.29, 1.82) is 0 Å². The predicted octanol–water partition coefficient (Wildman–Crippen LogP) is 2.28. The minimum atomic E-state index is -0.671. The van der Waals surface area contributed by atoms with E-state index in [-0.39, 0.29) is 22.7 Å². The minimum Gasteiger partial charge on any atom is -0.378 e. The molecule has 0 aromatic carbocycles. The fourth-order valence-corrected chi connectivity index (χ4v) is 2.63. The second kappa shape index (κ2) is 6.82. The lowest BCUT2D eigenvalue weighted by atomic mass is 10.1. The highest BCUT2D eigenvalue weighted by atomic mass is 35.5. The average Bonchev–Trinajstić information content (AvgIpc) is 2.47. The Bertz CT molecular complexity index is 544. The molecule has 2 heterocycles. The van der Waals surface area contributed by atoms with Gasteiger partial charge in [-0.1, -0.05) is 11.6 Å². The summed E-state index contributed by atoms with van der Waals surface area (Å²) >= 11 is 5.73. The van der Waals surface area contributed by atoms with Crippen molar-refractivity contribution in [3.63, 3.8) is 0 Å². The highest BCUT2D eigenvalue weighted by molar-refractivity contribution is 6.32. The summed E-state index contributed by atoms with van der Waals surface area (Å²) < 4.78 is 5.52. The van der Waals surface area contributed by atoms with Gasteiger partial charge in [-0.3, -0.25) is 14.9 Å². The van der Waals surface area contributed by atoms with Crippen LogP contribution in [0.15, 0.2) is 12.3 Å². The van der Waals surface area contributed by atoms with Gasteiger partial charge in [-0.2, -0.15) is 0 Å². The van der Waals surface area contributed by atoms with E-state index < -0.39 is 10.6 Å². The maximum absolute atomic E-state index is 12.4. The molecule has 2 rings (SSSR count). The van der Waals surface area contributed by atoms with E-state index in [4.69, 9.17) is 16.3 Å². The van der Waals surface area contributed by atoms with Crippen LogP contribution in [-0.2, 0) is 4.74 Å². The summed E-state index contributed by atoms with van der Waals surface area (Å²) in [6.45, 7) is 3.60. The number of amides is 1. The van der Waals surface area contributed by atoms with Crippen molar-refractivity contribution in [3.05, 3.63) is 33.1 Å². The third kappa shape index (κ3) is 3.48. The number of hydrogen-bond acceptors (Lipinski definition) is 5. The molecule has 114 valence electrons. The maximum Gasteiger partial charge on any atom is 0.319 e. The van der Waals surface area contributed by atoms with E-state index in [0.29, 0.717) is 19.7 Å². The number of rotatable bonds is 4. The smallest absolute Gasteiger partial charge is 0.319 e. The summed E-state index contributed by atoms with van der Waals surface area (Å²) in [4.78, 5) is 28.1. The van der Waals surface area contributed by atoms with Crippen LogP contribution in [0.5, 0.6) is 0 Å². The van der Waals surface area contributed by atoms with Crippen LogP contribution >= 0.6 is 11.6 Å². The van der Waals surface area contributed by atoms with Gasteiger partial charge in [-0.15, -0.1) is 0 Å². The van der Waals surface area contributed by atoms with E-state index in [1.54, 1.807) is 4.90 Å². The third-order valence-electron chi connectivity index (χ3n) is 3.42. The molecule has 1 saturated heterocycles. The molecule has 0 bridgehead atoms. The molecule has 0 spiro atoms. The summed E-state index contributed by atoms with van der Waals surface area (Å²) in [5.41, 5.74) is -0.453. The SMILES string of the molecule is CCOC1CCN(C(=O)c2ccnc(Cl)c2[N+](=O)[O-])CC1. The zero-order chi connectivity index (χ0) is 15.4. The lowest BCUT2D eigenvalue weighted by Gasteiger charge is -2.31. The Kier molecular flexibility index (Phi) is 5.08. The van der Waals surface area contributed by atoms with E-state index >= 15 is 0 Å². The number of ether oxygens (including phenoxy) is 1. The van der Waals surface area contributed by atoms with Crippen LogP contribution in [0.3, 0.4) is 0 Å². The standard InChI is InChI=1S/C13H16ClN3O4/c1-2-21-9-4-7-16(8-5-9)13(18)10-3-6-15-12(14)11(10)17(19)20/h3,6,9H,2,4-5,7-8H2,1H3. The van der Waals surface area contributed by atoms with Crippen molar-refractivity contribution in [2.75, 3.05) is 19.7 Å². The van der Waals surface area contributed by atoms with Crippen LogP contribution < -0.4 is 0 Å². The molecule has 0 radical (unpaired) electrons. The zero-order valence-electron chi connectivity index (χ0n) is 11.6. The summed E-state index contributed by atoms with van der Waals surface area (Å²) in [5, 5.41) is 10.8. The van der Waals surface area contributed by atoms with Gasteiger partial charge in [0.15, 0.2) is 0 Å². The van der Waals surface area contributed by atoms with Crippen molar-refractivity contribution in [3.8, 4) is 0 Å². The topological polar surface area (TPSA) is 85.6 Å². The number of halogens is 1. The average molecular weight is 314 g/mol. The molecule has 0 atom stereocenters. The molecular weight excluding hydrogens is 298 g/mol. The molecule has 0 N–H and O–H groups in total. The molecule has 21 heavy (non-hydrogen) atoms. The second-order valence-electron chi connectivity index (χ2n) is 4.70. The van der Waals surface area contributed by atoms with Gasteiger partial charge in [0.05, 0.1) is 11.0 Å². The summed E-state index contributed by atoms with van der Waals surface area (Å²) in [7, 11) is 0. The van der Waals surface area contributed by atoms with Crippen LogP contribution in [0.2, 0.25) is 5.15 Å². The van der Waals surface area contributed by atoms with Gasteiger partial charge in [0.2, 0.25) is 5.15 Å². The molecule has 0 unspecified atom stereocenters.